The molecule has 0 radical (unpaired) electrons. The molecule has 0 aliphatic rings. The van der Waals surface area contributed by atoms with Crippen LogP contribution in [0.15, 0.2) is 54.9 Å². The first kappa shape index (κ1) is 28.0. The minimum Gasteiger partial charge on any atom is -0.343 e. The summed E-state index contributed by atoms with van der Waals surface area (Å²) in [6.45, 7) is 7.67. The molecule has 1 unspecified atom stereocenters. The van der Waals surface area contributed by atoms with Crippen LogP contribution in [-0.2, 0) is 14.4 Å². The van der Waals surface area contributed by atoms with Crippen molar-refractivity contribution >= 4 is 23.7 Å². The number of nitrogens with zero attached hydrogens (tertiary/aromatic N) is 1. The van der Waals surface area contributed by atoms with Gasteiger partial charge in [-0.15, -0.1) is 0 Å². The van der Waals surface area contributed by atoms with Crippen molar-refractivity contribution in [3.8, 4) is 0 Å². The highest BCUT2D eigenvalue weighted by Gasteiger charge is 2.50. The Hall–Kier alpha value is -3.23. The van der Waals surface area contributed by atoms with Crippen molar-refractivity contribution in [2.45, 2.75) is 59.4 Å². The third-order valence-corrected chi connectivity index (χ3v) is 6.25. The first-order chi connectivity index (χ1) is 16.7. The van der Waals surface area contributed by atoms with Crippen LogP contribution >= 0.6 is 0 Å². The van der Waals surface area contributed by atoms with Gasteiger partial charge in [0.15, 0.2) is 5.78 Å². The second-order valence-corrected chi connectivity index (χ2v) is 9.48. The predicted molar refractivity (Wildman–Crippen MR) is 136 cm³/mol. The smallest absolute Gasteiger partial charge is 0.249 e. The molecular formula is C27H38N4O4. The number of nitrogens with two attached hydrogens (primary N) is 1. The van der Waals surface area contributed by atoms with E-state index in [-0.39, 0.29) is 25.2 Å². The van der Waals surface area contributed by atoms with E-state index in [1.807, 2.05) is 70.2 Å². The van der Waals surface area contributed by atoms with Crippen molar-refractivity contribution in [2.24, 2.45) is 23.1 Å². The lowest BCUT2D eigenvalue weighted by atomic mass is 9.68. The van der Waals surface area contributed by atoms with Crippen LogP contribution in [0.25, 0.3) is 6.08 Å². The van der Waals surface area contributed by atoms with E-state index in [4.69, 9.17) is 5.84 Å². The number of nitrogens with one attached hydrogen (secondary N) is 2. The number of aryl methyl sites for hydroxylation is 1. The number of hydrazine groups is 1. The average molecular weight is 483 g/mol. The molecule has 2 amide bonds. The number of carbonyl (C=O) groups excluding carboxylic acids is 3. The van der Waals surface area contributed by atoms with Gasteiger partial charge in [-0.05, 0) is 49.3 Å². The van der Waals surface area contributed by atoms with Gasteiger partial charge in [-0.25, -0.2) is 11.3 Å². The normalized spacial score (nSPS) is 14.9. The Kier molecular flexibility index (Phi) is 10.4. The topological polar surface area (TPSA) is 126 Å². The Morgan fingerprint density at radius 3 is 2.37 bits per heavy atom. The number of hydrogen-bond acceptors (Lipinski definition) is 5. The lowest BCUT2D eigenvalue weighted by molar-refractivity contribution is -0.150. The summed E-state index contributed by atoms with van der Waals surface area (Å²) in [5.41, 5.74) is 4.36. The van der Waals surface area contributed by atoms with Crippen molar-refractivity contribution in [1.29, 1.82) is 0 Å². The number of carbonyl (C=O) groups is 3. The Bertz CT molecular complexity index is 1020. The van der Waals surface area contributed by atoms with Gasteiger partial charge in [0, 0.05) is 12.4 Å². The van der Waals surface area contributed by atoms with Crippen LogP contribution in [0.2, 0.25) is 0 Å². The lowest BCUT2D eigenvalue weighted by Gasteiger charge is -2.37. The van der Waals surface area contributed by atoms with Crippen LogP contribution in [0.3, 0.4) is 0 Å². The molecule has 0 spiro atoms. The van der Waals surface area contributed by atoms with Gasteiger partial charge in [0.2, 0.25) is 11.8 Å². The number of amides is 2. The summed E-state index contributed by atoms with van der Waals surface area (Å²) in [6.07, 6.45) is 8.48. The minimum atomic E-state index is -1.42. The monoisotopic (exact) mass is 482 g/mol. The molecule has 8 nitrogen and oxygen atoms in total. The molecule has 0 fully saturated rings. The molecular weight excluding hydrogens is 444 g/mol. The third-order valence-electron chi connectivity index (χ3n) is 6.25. The van der Waals surface area contributed by atoms with Gasteiger partial charge in [0.05, 0.1) is 5.92 Å². The fourth-order valence-corrected chi connectivity index (χ4v) is 4.79. The van der Waals surface area contributed by atoms with Crippen LogP contribution in [-0.4, -0.2) is 27.4 Å². The number of ketones is 1. The molecule has 0 bridgehead atoms. The molecule has 35 heavy (non-hydrogen) atoms. The zero-order valence-corrected chi connectivity index (χ0v) is 21.0. The number of hydrogen-bond donors (Lipinski definition) is 4. The summed E-state index contributed by atoms with van der Waals surface area (Å²) in [6, 6.07) is 10.4. The van der Waals surface area contributed by atoms with Gasteiger partial charge in [-0.1, -0.05) is 69.7 Å². The number of aromatic nitrogens is 1. The summed E-state index contributed by atoms with van der Waals surface area (Å²) >= 11 is 0. The zero-order valence-electron chi connectivity index (χ0n) is 21.0. The molecule has 0 aliphatic heterocycles. The fourth-order valence-electron chi connectivity index (χ4n) is 4.79. The molecule has 2 aromatic rings. The van der Waals surface area contributed by atoms with E-state index >= 15 is 0 Å². The fraction of sp³-hybridized carbons (Fsp3) is 0.444. The SMILES string of the molecule is CCCC(CC(C)C)(C(=O)NN)C(=O)[C@@H]([C@H](C/C=C/c1ccccc1)C(=O)NO)n1ccc(C)c1. The van der Waals surface area contributed by atoms with Gasteiger partial charge < -0.3 is 4.57 Å². The molecule has 190 valence electrons. The van der Waals surface area contributed by atoms with Crippen molar-refractivity contribution < 1.29 is 19.6 Å². The average Bonchev–Trinajstić information content (AvgIpc) is 3.27. The molecule has 2 rings (SSSR count). The number of benzene rings is 1. The Morgan fingerprint density at radius 1 is 1.17 bits per heavy atom. The third kappa shape index (κ3) is 6.90. The van der Waals surface area contributed by atoms with Crippen LogP contribution < -0.4 is 16.7 Å². The molecule has 0 aliphatic carbocycles. The molecule has 3 atom stereocenters. The van der Waals surface area contributed by atoms with Gasteiger partial charge in [-0.3, -0.25) is 25.0 Å². The molecule has 1 aromatic carbocycles. The lowest BCUT2D eigenvalue weighted by Crippen LogP contribution is -2.53. The zero-order chi connectivity index (χ0) is 26.0. The first-order valence-electron chi connectivity index (χ1n) is 12.0. The molecule has 0 saturated heterocycles. The molecule has 0 saturated carbocycles. The highest BCUT2D eigenvalue weighted by molar-refractivity contribution is 6.08. The summed E-state index contributed by atoms with van der Waals surface area (Å²) in [7, 11) is 0. The van der Waals surface area contributed by atoms with E-state index < -0.39 is 35.0 Å². The van der Waals surface area contributed by atoms with Crippen LogP contribution in [0.5, 0.6) is 0 Å². The maximum atomic E-state index is 14.4. The largest absolute Gasteiger partial charge is 0.343 e. The predicted octanol–water partition coefficient (Wildman–Crippen LogP) is 3.95. The van der Waals surface area contributed by atoms with E-state index in [0.29, 0.717) is 6.42 Å². The first-order valence-corrected chi connectivity index (χ1v) is 12.0. The Balaban J connectivity index is 2.62. The minimum absolute atomic E-state index is 0.0259. The van der Waals surface area contributed by atoms with Crippen molar-refractivity contribution in [1.82, 2.24) is 15.5 Å². The standard InChI is InChI=1S/C27H38N4O4/c1-5-15-27(17-19(2)3,26(34)29-28)24(32)23(31-16-14-20(4)18-31)22(25(33)30-35)13-9-12-21-10-7-6-8-11-21/h6-12,14,16,18-19,22-23,35H,5,13,15,17,28H2,1-4H3,(H,29,34)(H,30,33)/b12-9+/t22-,23+,27?/m0/s1. The van der Waals surface area contributed by atoms with E-state index in [2.05, 4.69) is 5.43 Å². The van der Waals surface area contributed by atoms with Gasteiger partial charge in [-0.2, -0.15) is 0 Å². The maximum Gasteiger partial charge on any atom is 0.249 e. The molecule has 1 heterocycles. The van der Waals surface area contributed by atoms with Gasteiger partial charge >= 0.3 is 0 Å². The maximum absolute atomic E-state index is 14.4. The highest BCUT2D eigenvalue weighted by Crippen LogP contribution is 2.40. The summed E-state index contributed by atoms with van der Waals surface area (Å²) in [4.78, 5) is 40.5. The molecule has 5 N–H and O–H groups in total. The number of allylic oxidation sites excluding steroid dienone is 1. The Labute approximate surface area is 207 Å². The van der Waals surface area contributed by atoms with Crippen molar-refractivity contribution in [3.63, 3.8) is 0 Å². The van der Waals surface area contributed by atoms with Crippen LogP contribution in [0.1, 0.15) is 63.6 Å². The van der Waals surface area contributed by atoms with E-state index in [0.717, 1.165) is 11.1 Å². The van der Waals surface area contributed by atoms with Crippen molar-refractivity contribution in [3.05, 3.63) is 66.0 Å². The molecule has 8 heteroatoms. The number of Topliss-reactive ketones (excluding diaryl/α,β-unsaturated/α-hetero) is 1. The quantitative estimate of drug-likeness (QED) is 0.113. The summed E-state index contributed by atoms with van der Waals surface area (Å²) in [5, 5.41) is 9.57. The van der Waals surface area contributed by atoms with Gasteiger partial charge in [0.1, 0.15) is 11.5 Å². The van der Waals surface area contributed by atoms with E-state index in [1.54, 1.807) is 28.5 Å². The summed E-state index contributed by atoms with van der Waals surface area (Å²) < 4.78 is 1.67. The number of hydroxylamine groups is 1. The highest BCUT2D eigenvalue weighted by atomic mass is 16.5. The van der Waals surface area contributed by atoms with E-state index in [9.17, 15) is 19.6 Å². The van der Waals surface area contributed by atoms with Gasteiger partial charge in [0.25, 0.3) is 0 Å². The second kappa shape index (κ2) is 13.0. The Morgan fingerprint density at radius 2 is 1.86 bits per heavy atom. The van der Waals surface area contributed by atoms with Crippen LogP contribution in [0.4, 0.5) is 0 Å². The van der Waals surface area contributed by atoms with Crippen LogP contribution in [0, 0.1) is 24.2 Å². The summed E-state index contributed by atoms with van der Waals surface area (Å²) in [5.74, 6) is 2.97. The number of rotatable bonds is 13. The van der Waals surface area contributed by atoms with Crippen molar-refractivity contribution in [2.75, 3.05) is 0 Å². The molecule has 1 aromatic heterocycles. The second-order valence-electron chi connectivity index (χ2n) is 9.48. The van der Waals surface area contributed by atoms with E-state index in [1.165, 1.54) is 0 Å².